The second-order valence-corrected chi connectivity index (χ2v) is 8.75. The van der Waals surface area contributed by atoms with Crippen molar-refractivity contribution in [1.82, 2.24) is 4.57 Å². The van der Waals surface area contributed by atoms with E-state index < -0.39 is 15.9 Å². The molecule has 1 heterocycles. The number of nitriles is 1. The topological polar surface area (TPSA) is 118 Å². The normalized spacial score (nSPS) is 11.8. The van der Waals surface area contributed by atoms with Crippen LogP contribution < -0.4 is 10.5 Å². The van der Waals surface area contributed by atoms with E-state index in [2.05, 4.69) is 9.88 Å². The number of aromatic nitrogens is 1. The SMILES string of the molecule is Cc1ccc(-n2c(C)cc(/C=C(\C#N)C(=O)Nc3ccc(S(N)(=O)=O)cc3)c2C)cc1. The molecule has 7 nitrogen and oxygen atoms in total. The number of amides is 1. The molecule has 0 bridgehead atoms. The van der Waals surface area contributed by atoms with Gasteiger partial charge in [0.2, 0.25) is 10.0 Å². The maximum Gasteiger partial charge on any atom is 0.266 e. The van der Waals surface area contributed by atoms with Crippen LogP contribution in [0.4, 0.5) is 5.69 Å². The van der Waals surface area contributed by atoms with Crippen molar-refractivity contribution in [3.05, 3.63) is 82.7 Å². The molecule has 0 radical (unpaired) electrons. The van der Waals surface area contributed by atoms with Crippen molar-refractivity contribution < 1.29 is 13.2 Å². The number of aryl methyl sites for hydroxylation is 2. The molecule has 3 aromatic rings. The van der Waals surface area contributed by atoms with Crippen LogP contribution in [0, 0.1) is 32.1 Å². The number of nitrogens with one attached hydrogen (secondary N) is 1. The number of nitrogens with zero attached hydrogens (tertiary/aromatic N) is 2. The highest BCUT2D eigenvalue weighted by Gasteiger charge is 2.15. The van der Waals surface area contributed by atoms with Crippen LogP contribution in [0.2, 0.25) is 0 Å². The average Bonchev–Trinajstić information content (AvgIpc) is 2.99. The zero-order valence-electron chi connectivity index (χ0n) is 17.4. The van der Waals surface area contributed by atoms with E-state index in [9.17, 15) is 18.5 Å². The largest absolute Gasteiger partial charge is 0.321 e. The highest BCUT2D eigenvalue weighted by atomic mass is 32.2. The molecule has 8 heteroatoms. The van der Waals surface area contributed by atoms with Gasteiger partial charge in [-0.15, -0.1) is 0 Å². The lowest BCUT2D eigenvalue weighted by Gasteiger charge is -2.10. The number of carbonyl (C=O) groups is 1. The summed E-state index contributed by atoms with van der Waals surface area (Å²) in [4.78, 5) is 12.5. The highest BCUT2D eigenvalue weighted by Crippen LogP contribution is 2.23. The second-order valence-electron chi connectivity index (χ2n) is 7.19. The fraction of sp³-hybridized carbons (Fsp3) is 0.130. The lowest BCUT2D eigenvalue weighted by atomic mass is 10.1. The minimum absolute atomic E-state index is 0.0647. The van der Waals surface area contributed by atoms with Crippen LogP contribution in [0.1, 0.15) is 22.5 Å². The molecule has 3 N–H and O–H groups in total. The number of anilines is 1. The number of sulfonamides is 1. The molecule has 1 aromatic heterocycles. The zero-order valence-corrected chi connectivity index (χ0v) is 18.2. The van der Waals surface area contributed by atoms with Gasteiger partial charge in [0.15, 0.2) is 0 Å². The van der Waals surface area contributed by atoms with Gasteiger partial charge in [0.1, 0.15) is 11.6 Å². The average molecular weight is 435 g/mol. The van der Waals surface area contributed by atoms with Crippen molar-refractivity contribution in [2.75, 3.05) is 5.32 Å². The molecule has 0 fully saturated rings. The summed E-state index contributed by atoms with van der Waals surface area (Å²) in [6.07, 6.45) is 1.54. The molecular formula is C23H22N4O3S. The summed E-state index contributed by atoms with van der Waals surface area (Å²) in [6.45, 7) is 5.91. The highest BCUT2D eigenvalue weighted by molar-refractivity contribution is 7.89. The molecule has 0 unspecified atom stereocenters. The molecule has 0 spiro atoms. The van der Waals surface area contributed by atoms with E-state index in [4.69, 9.17) is 5.14 Å². The summed E-state index contributed by atoms with van der Waals surface area (Å²) in [5.41, 5.74) is 5.08. The van der Waals surface area contributed by atoms with E-state index in [0.717, 1.165) is 28.2 Å². The summed E-state index contributed by atoms with van der Waals surface area (Å²) < 4.78 is 24.7. The van der Waals surface area contributed by atoms with Gasteiger partial charge >= 0.3 is 0 Å². The van der Waals surface area contributed by atoms with E-state index in [1.807, 2.05) is 57.2 Å². The zero-order chi connectivity index (χ0) is 22.8. The Hall–Kier alpha value is -3.67. The Balaban J connectivity index is 1.88. The summed E-state index contributed by atoms with van der Waals surface area (Å²) in [6, 6.07) is 17.3. The van der Waals surface area contributed by atoms with Crippen molar-refractivity contribution in [2.24, 2.45) is 5.14 Å². The maximum absolute atomic E-state index is 12.6. The minimum Gasteiger partial charge on any atom is -0.321 e. The Morgan fingerprint density at radius 1 is 1.06 bits per heavy atom. The van der Waals surface area contributed by atoms with Crippen molar-refractivity contribution >= 4 is 27.7 Å². The monoisotopic (exact) mass is 434 g/mol. The minimum atomic E-state index is -3.82. The van der Waals surface area contributed by atoms with E-state index in [1.54, 1.807) is 6.08 Å². The van der Waals surface area contributed by atoms with E-state index in [1.165, 1.54) is 24.3 Å². The van der Waals surface area contributed by atoms with Crippen LogP contribution in [0.25, 0.3) is 11.8 Å². The Kier molecular flexibility index (Phi) is 6.11. The fourth-order valence-electron chi connectivity index (χ4n) is 3.26. The third-order valence-corrected chi connectivity index (χ3v) is 5.80. The Morgan fingerprint density at radius 3 is 2.23 bits per heavy atom. The lowest BCUT2D eigenvalue weighted by Crippen LogP contribution is -2.14. The smallest absolute Gasteiger partial charge is 0.266 e. The number of hydrogen-bond donors (Lipinski definition) is 2. The van der Waals surface area contributed by atoms with Gasteiger partial charge < -0.3 is 9.88 Å². The molecule has 0 aliphatic heterocycles. The molecule has 0 aliphatic rings. The first-order valence-electron chi connectivity index (χ1n) is 9.42. The quantitative estimate of drug-likeness (QED) is 0.471. The van der Waals surface area contributed by atoms with Gasteiger partial charge in [0.05, 0.1) is 4.90 Å². The number of nitrogens with two attached hydrogens (primary N) is 1. The first-order chi connectivity index (χ1) is 14.6. The van der Waals surface area contributed by atoms with Gasteiger partial charge in [0.25, 0.3) is 5.91 Å². The Bertz CT molecular complexity index is 1310. The predicted octanol–water partition coefficient (Wildman–Crippen LogP) is 3.60. The van der Waals surface area contributed by atoms with Gasteiger partial charge in [-0.25, -0.2) is 13.6 Å². The van der Waals surface area contributed by atoms with Crippen molar-refractivity contribution in [3.8, 4) is 11.8 Å². The molecule has 0 atom stereocenters. The van der Waals surface area contributed by atoms with Crippen molar-refractivity contribution in [3.63, 3.8) is 0 Å². The summed E-state index contributed by atoms with van der Waals surface area (Å²) >= 11 is 0. The third kappa shape index (κ3) is 4.91. The summed E-state index contributed by atoms with van der Waals surface area (Å²) in [7, 11) is -3.82. The van der Waals surface area contributed by atoms with Gasteiger partial charge in [-0.2, -0.15) is 5.26 Å². The van der Waals surface area contributed by atoms with E-state index >= 15 is 0 Å². The molecule has 158 valence electrons. The first-order valence-corrected chi connectivity index (χ1v) is 11.0. The number of hydrogen-bond acceptors (Lipinski definition) is 4. The molecule has 3 rings (SSSR count). The number of rotatable bonds is 5. The molecule has 2 aromatic carbocycles. The van der Waals surface area contributed by atoms with Crippen LogP contribution in [-0.4, -0.2) is 18.9 Å². The molecule has 0 saturated heterocycles. The Morgan fingerprint density at radius 2 is 1.68 bits per heavy atom. The number of primary sulfonamides is 1. The third-order valence-electron chi connectivity index (χ3n) is 4.87. The maximum atomic E-state index is 12.6. The summed E-state index contributed by atoms with van der Waals surface area (Å²) in [5.74, 6) is -0.592. The van der Waals surface area contributed by atoms with Gasteiger partial charge in [-0.05, 0) is 74.9 Å². The summed E-state index contributed by atoms with van der Waals surface area (Å²) in [5, 5.41) is 17.2. The Labute approximate surface area is 181 Å². The number of benzene rings is 2. The first kappa shape index (κ1) is 22.0. The fourth-order valence-corrected chi connectivity index (χ4v) is 3.77. The van der Waals surface area contributed by atoms with E-state index in [0.29, 0.717) is 5.69 Å². The lowest BCUT2D eigenvalue weighted by molar-refractivity contribution is -0.112. The number of carbonyl (C=O) groups excluding carboxylic acids is 1. The standard InChI is InChI=1S/C23H22N4O3S/c1-15-4-8-21(9-5-15)27-16(2)12-18(17(27)3)13-19(14-24)23(28)26-20-6-10-22(11-7-20)31(25,29)30/h4-13H,1-3H3,(H,26,28)(H2,25,29,30)/b19-13+. The molecule has 1 amide bonds. The van der Waals surface area contributed by atoms with Crippen LogP contribution in [0.3, 0.4) is 0 Å². The van der Waals surface area contributed by atoms with Crippen LogP contribution >= 0.6 is 0 Å². The molecule has 0 aliphatic carbocycles. The van der Waals surface area contributed by atoms with Crippen molar-refractivity contribution in [1.29, 1.82) is 5.26 Å². The van der Waals surface area contributed by atoms with Gasteiger partial charge in [-0.1, -0.05) is 17.7 Å². The second kappa shape index (κ2) is 8.60. The molecule has 0 saturated carbocycles. The van der Waals surface area contributed by atoms with Crippen molar-refractivity contribution in [2.45, 2.75) is 25.7 Å². The molecule has 31 heavy (non-hydrogen) atoms. The van der Waals surface area contributed by atoms with Crippen LogP contribution in [0.15, 0.2) is 65.1 Å². The van der Waals surface area contributed by atoms with Gasteiger partial charge in [-0.3, -0.25) is 4.79 Å². The van der Waals surface area contributed by atoms with Crippen LogP contribution in [-0.2, 0) is 14.8 Å². The van der Waals surface area contributed by atoms with Gasteiger partial charge in [0, 0.05) is 22.8 Å². The van der Waals surface area contributed by atoms with Crippen LogP contribution in [0.5, 0.6) is 0 Å². The predicted molar refractivity (Wildman–Crippen MR) is 120 cm³/mol. The van der Waals surface area contributed by atoms with E-state index in [-0.39, 0.29) is 10.5 Å². The molecular weight excluding hydrogens is 412 g/mol.